The minimum atomic E-state index is -3.38. The molecule has 0 bridgehead atoms. The van der Waals surface area contributed by atoms with Crippen LogP contribution in [-0.2, 0) is 10.7 Å². The van der Waals surface area contributed by atoms with Crippen LogP contribution in [0.2, 0.25) is 0 Å². The number of ether oxygens (including phenoxy) is 1. The van der Waals surface area contributed by atoms with Crippen LogP contribution in [0.5, 0.6) is 0 Å². The molecule has 0 saturated heterocycles. The molecule has 0 atom stereocenters. The molecular formula is C13H17F2NO2. The molecule has 1 N–H and O–H groups in total. The molecule has 0 saturated carbocycles. The number of pyridine rings is 1. The van der Waals surface area contributed by atoms with Crippen LogP contribution in [0.4, 0.5) is 8.78 Å². The molecule has 18 heavy (non-hydrogen) atoms. The standard InChI is InChI=1S/C13H17F2NO2/c1-5-18-9(2)11-8-10(6-7-16-11)13(14,15)12(3,4)17/h6-8,17H,2,5H2,1,3-4H3. The van der Waals surface area contributed by atoms with Gasteiger partial charge in [0.05, 0.1) is 6.61 Å². The van der Waals surface area contributed by atoms with Crippen molar-refractivity contribution in [3.8, 4) is 0 Å². The van der Waals surface area contributed by atoms with Crippen molar-refractivity contribution in [1.82, 2.24) is 4.98 Å². The number of hydrogen-bond donors (Lipinski definition) is 1. The van der Waals surface area contributed by atoms with Gasteiger partial charge in [-0.25, -0.2) is 0 Å². The Hall–Kier alpha value is -1.49. The summed E-state index contributed by atoms with van der Waals surface area (Å²) in [6.07, 6.45) is 1.24. The average molecular weight is 257 g/mol. The lowest BCUT2D eigenvalue weighted by molar-refractivity contribution is -0.168. The fourth-order valence-corrected chi connectivity index (χ4v) is 1.38. The minimum Gasteiger partial charge on any atom is -0.492 e. The summed E-state index contributed by atoms with van der Waals surface area (Å²) in [6.45, 7) is 7.87. The number of hydrogen-bond acceptors (Lipinski definition) is 3. The molecule has 0 aliphatic heterocycles. The third-order valence-corrected chi connectivity index (χ3v) is 2.50. The first-order valence-corrected chi connectivity index (χ1v) is 5.59. The van der Waals surface area contributed by atoms with Gasteiger partial charge < -0.3 is 9.84 Å². The number of rotatable bonds is 5. The van der Waals surface area contributed by atoms with Crippen LogP contribution >= 0.6 is 0 Å². The van der Waals surface area contributed by atoms with E-state index < -0.39 is 11.5 Å². The van der Waals surface area contributed by atoms with E-state index in [0.717, 1.165) is 13.8 Å². The van der Waals surface area contributed by atoms with E-state index in [-0.39, 0.29) is 17.0 Å². The second-order valence-corrected chi connectivity index (χ2v) is 4.42. The summed E-state index contributed by atoms with van der Waals surface area (Å²) in [5.41, 5.74) is -2.24. The van der Waals surface area contributed by atoms with E-state index in [2.05, 4.69) is 11.6 Å². The monoisotopic (exact) mass is 257 g/mol. The van der Waals surface area contributed by atoms with Gasteiger partial charge >= 0.3 is 5.92 Å². The highest BCUT2D eigenvalue weighted by molar-refractivity contribution is 5.54. The van der Waals surface area contributed by atoms with E-state index >= 15 is 0 Å². The predicted octanol–water partition coefficient (Wildman–Crippen LogP) is 2.95. The van der Waals surface area contributed by atoms with E-state index in [4.69, 9.17) is 4.74 Å². The maximum absolute atomic E-state index is 13.9. The van der Waals surface area contributed by atoms with Crippen LogP contribution in [0.15, 0.2) is 24.9 Å². The zero-order valence-corrected chi connectivity index (χ0v) is 10.7. The molecule has 0 spiro atoms. The molecule has 5 heteroatoms. The van der Waals surface area contributed by atoms with Crippen LogP contribution < -0.4 is 0 Å². The molecule has 1 rings (SSSR count). The fourth-order valence-electron chi connectivity index (χ4n) is 1.38. The van der Waals surface area contributed by atoms with Gasteiger partial charge in [0.2, 0.25) is 0 Å². The molecule has 0 fully saturated rings. The summed E-state index contributed by atoms with van der Waals surface area (Å²) in [7, 11) is 0. The highest BCUT2D eigenvalue weighted by atomic mass is 19.3. The van der Waals surface area contributed by atoms with Gasteiger partial charge in [0, 0.05) is 11.8 Å². The van der Waals surface area contributed by atoms with Gasteiger partial charge in [0.15, 0.2) is 0 Å². The highest BCUT2D eigenvalue weighted by Gasteiger charge is 2.47. The van der Waals surface area contributed by atoms with Crippen molar-refractivity contribution in [2.75, 3.05) is 6.61 Å². The smallest absolute Gasteiger partial charge is 0.300 e. The zero-order chi connectivity index (χ0) is 14.0. The second kappa shape index (κ2) is 5.02. The van der Waals surface area contributed by atoms with Crippen molar-refractivity contribution >= 4 is 5.76 Å². The molecule has 3 nitrogen and oxygen atoms in total. The third-order valence-electron chi connectivity index (χ3n) is 2.50. The molecular weight excluding hydrogens is 240 g/mol. The molecule has 0 unspecified atom stereocenters. The minimum absolute atomic E-state index is 0.228. The van der Waals surface area contributed by atoms with Gasteiger partial charge in [-0.2, -0.15) is 8.78 Å². The SMILES string of the molecule is C=C(OCC)c1cc(C(F)(F)C(C)(C)O)ccn1. The van der Waals surface area contributed by atoms with E-state index in [1.807, 2.05) is 0 Å². The Labute approximate surface area is 105 Å². The van der Waals surface area contributed by atoms with E-state index in [1.165, 1.54) is 18.3 Å². The lowest BCUT2D eigenvalue weighted by Crippen LogP contribution is -2.40. The largest absolute Gasteiger partial charge is 0.492 e. The normalized spacial score (nSPS) is 12.3. The quantitative estimate of drug-likeness (QED) is 0.825. The fraction of sp³-hybridized carbons (Fsp3) is 0.462. The second-order valence-electron chi connectivity index (χ2n) is 4.42. The Kier molecular flexibility index (Phi) is 4.06. The molecule has 1 aromatic heterocycles. The van der Waals surface area contributed by atoms with Crippen molar-refractivity contribution < 1.29 is 18.6 Å². The maximum atomic E-state index is 13.9. The molecule has 0 aliphatic carbocycles. The molecule has 1 heterocycles. The van der Waals surface area contributed by atoms with Crippen LogP contribution in [-0.4, -0.2) is 22.3 Å². The summed E-state index contributed by atoms with van der Waals surface area (Å²) in [4.78, 5) is 3.91. The Balaban J connectivity index is 3.13. The summed E-state index contributed by atoms with van der Waals surface area (Å²) >= 11 is 0. The molecule has 100 valence electrons. The predicted molar refractivity (Wildman–Crippen MR) is 65.1 cm³/mol. The van der Waals surface area contributed by atoms with Gasteiger partial charge in [0.25, 0.3) is 0 Å². The van der Waals surface area contributed by atoms with E-state index in [1.54, 1.807) is 6.92 Å². The third kappa shape index (κ3) is 2.85. The Morgan fingerprint density at radius 1 is 1.50 bits per heavy atom. The number of aromatic nitrogens is 1. The van der Waals surface area contributed by atoms with Crippen molar-refractivity contribution in [2.24, 2.45) is 0 Å². The first-order chi connectivity index (χ1) is 8.20. The van der Waals surface area contributed by atoms with Gasteiger partial charge in [0.1, 0.15) is 17.1 Å². The molecule has 0 amide bonds. The van der Waals surface area contributed by atoms with Crippen molar-refractivity contribution in [3.05, 3.63) is 36.2 Å². The van der Waals surface area contributed by atoms with E-state index in [0.29, 0.717) is 6.61 Å². The number of alkyl halides is 2. The molecule has 0 aromatic carbocycles. The van der Waals surface area contributed by atoms with Gasteiger partial charge in [-0.3, -0.25) is 4.98 Å². The number of nitrogens with zero attached hydrogens (tertiary/aromatic N) is 1. The van der Waals surface area contributed by atoms with Crippen molar-refractivity contribution in [1.29, 1.82) is 0 Å². The Bertz CT molecular complexity index is 439. The lowest BCUT2D eigenvalue weighted by Gasteiger charge is -2.29. The molecule has 1 aromatic rings. The number of halogens is 2. The van der Waals surface area contributed by atoms with Gasteiger partial charge in [-0.15, -0.1) is 0 Å². The maximum Gasteiger partial charge on any atom is 0.300 e. The number of aliphatic hydroxyl groups is 1. The van der Waals surface area contributed by atoms with Crippen LogP contribution in [0.25, 0.3) is 5.76 Å². The lowest BCUT2D eigenvalue weighted by atomic mass is 9.93. The van der Waals surface area contributed by atoms with Crippen molar-refractivity contribution in [3.63, 3.8) is 0 Å². The molecule has 0 radical (unpaired) electrons. The van der Waals surface area contributed by atoms with Crippen LogP contribution in [0, 0.1) is 0 Å². The van der Waals surface area contributed by atoms with Crippen molar-refractivity contribution in [2.45, 2.75) is 32.3 Å². The Morgan fingerprint density at radius 2 is 2.11 bits per heavy atom. The first-order valence-electron chi connectivity index (χ1n) is 5.59. The van der Waals surface area contributed by atoms with Crippen LogP contribution in [0.1, 0.15) is 32.0 Å². The Morgan fingerprint density at radius 3 is 2.61 bits per heavy atom. The molecule has 0 aliphatic rings. The summed E-state index contributed by atoms with van der Waals surface area (Å²) < 4.78 is 33.0. The highest BCUT2D eigenvalue weighted by Crippen LogP contribution is 2.38. The summed E-state index contributed by atoms with van der Waals surface area (Å²) in [5.74, 6) is -3.15. The average Bonchev–Trinajstić information content (AvgIpc) is 2.28. The van der Waals surface area contributed by atoms with Gasteiger partial charge in [-0.1, -0.05) is 6.58 Å². The van der Waals surface area contributed by atoms with Crippen LogP contribution in [0.3, 0.4) is 0 Å². The topological polar surface area (TPSA) is 42.4 Å². The first kappa shape index (κ1) is 14.6. The zero-order valence-electron chi connectivity index (χ0n) is 10.7. The van der Waals surface area contributed by atoms with Gasteiger partial charge in [-0.05, 0) is 32.9 Å². The summed E-state index contributed by atoms with van der Waals surface area (Å²) in [6, 6.07) is 2.34. The summed E-state index contributed by atoms with van der Waals surface area (Å²) in [5, 5.41) is 9.51. The van der Waals surface area contributed by atoms with E-state index in [9.17, 15) is 13.9 Å².